The minimum atomic E-state index is -0.658. The summed E-state index contributed by atoms with van der Waals surface area (Å²) in [4.78, 5) is 21.0. The van der Waals surface area contributed by atoms with E-state index in [1.54, 1.807) is 0 Å². The van der Waals surface area contributed by atoms with Crippen molar-refractivity contribution < 1.29 is 9.85 Å². The number of nitrogens with zero attached hydrogens (tertiary/aromatic N) is 3. The number of nitro groups is 2. The zero-order chi connectivity index (χ0) is 21.0. The number of nitrogens with one attached hydrogen (secondary N) is 1. The minimum Gasteiger partial charge on any atom is -0.271 e. The van der Waals surface area contributed by atoms with Gasteiger partial charge in [-0.15, -0.1) is 0 Å². The highest BCUT2D eigenvalue weighted by Gasteiger charge is 2.24. The van der Waals surface area contributed by atoms with Crippen LogP contribution in [0.2, 0.25) is 0 Å². The molecule has 29 heavy (non-hydrogen) atoms. The summed E-state index contributed by atoms with van der Waals surface area (Å²) >= 11 is 0. The molecule has 0 aliphatic heterocycles. The predicted molar refractivity (Wildman–Crippen MR) is 112 cm³/mol. The molecule has 1 aliphatic carbocycles. The average molecular weight is 394 g/mol. The Balaban J connectivity index is 1.97. The van der Waals surface area contributed by atoms with Crippen LogP contribution in [0, 0.1) is 26.1 Å². The van der Waals surface area contributed by atoms with Crippen LogP contribution >= 0.6 is 0 Å². The molecule has 0 amide bonds. The summed E-state index contributed by atoms with van der Waals surface area (Å²) in [6.45, 7) is 4.27. The van der Waals surface area contributed by atoms with Crippen molar-refractivity contribution in [1.82, 2.24) is 0 Å². The van der Waals surface area contributed by atoms with Gasteiger partial charge in [0.2, 0.25) is 0 Å². The highest BCUT2D eigenvalue weighted by molar-refractivity contribution is 6.03. The van der Waals surface area contributed by atoms with Crippen molar-refractivity contribution in [2.24, 2.45) is 11.0 Å². The van der Waals surface area contributed by atoms with Gasteiger partial charge in [-0.05, 0) is 44.7 Å². The fourth-order valence-electron chi connectivity index (χ4n) is 3.48. The molecule has 0 fully saturated rings. The molecule has 8 heteroatoms. The third-order valence-corrected chi connectivity index (χ3v) is 5.29. The third-order valence-electron chi connectivity index (χ3n) is 5.29. The smallest absolute Gasteiger partial charge is 0.271 e. The molecule has 0 saturated heterocycles. The Labute approximate surface area is 168 Å². The SMILES string of the molecule is CC1=C(C)CC(C(=NNc2ccc([N+](=O)[O-])cc2[N+](=O)[O-])c2ccccc2)CC1. The van der Waals surface area contributed by atoms with E-state index in [0.29, 0.717) is 0 Å². The molecule has 0 aromatic heterocycles. The first-order valence-corrected chi connectivity index (χ1v) is 9.34. The summed E-state index contributed by atoms with van der Waals surface area (Å²) in [5.41, 5.74) is 6.70. The van der Waals surface area contributed by atoms with E-state index in [9.17, 15) is 20.2 Å². The number of nitro benzene ring substituents is 2. The number of allylic oxidation sites excluding steroid dienone is 2. The van der Waals surface area contributed by atoms with Gasteiger partial charge in [0.05, 0.1) is 21.6 Å². The molecule has 0 heterocycles. The van der Waals surface area contributed by atoms with Gasteiger partial charge in [0.25, 0.3) is 5.69 Å². The van der Waals surface area contributed by atoms with Gasteiger partial charge >= 0.3 is 5.69 Å². The van der Waals surface area contributed by atoms with Gasteiger partial charge in [-0.1, -0.05) is 41.5 Å². The van der Waals surface area contributed by atoms with Gasteiger partial charge in [0, 0.05) is 12.0 Å². The predicted octanol–water partition coefficient (Wildman–Crippen LogP) is 5.46. The Bertz CT molecular complexity index is 999. The van der Waals surface area contributed by atoms with E-state index in [4.69, 9.17) is 0 Å². The largest absolute Gasteiger partial charge is 0.301 e. The van der Waals surface area contributed by atoms with E-state index < -0.39 is 9.85 Å². The van der Waals surface area contributed by atoms with Crippen molar-refractivity contribution in [2.45, 2.75) is 33.1 Å². The summed E-state index contributed by atoms with van der Waals surface area (Å²) in [6.07, 6.45) is 2.81. The molecule has 150 valence electrons. The van der Waals surface area contributed by atoms with Gasteiger partial charge < -0.3 is 0 Å². The van der Waals surface area contributed by atoms with Crippen molar-refractivity contribution >= 4 is 22.8 Å². The molecule has 2 aromatic carbocycles. The van der Waals surface area contributed by atoms with Gasteiger partial charge in [-0.25, -0.2) is 0 Å². The quantitative estimate of drug-likeness (QED) is 0.303. The molecule has 0 bridgehead atoms. The number of non-ortho nitro benzene ring substituents is 1. The Kier molecular flexibility index (Phi) is 6.01. The zero-order valence-corrected chi connectivity index (χ0v) is 16.3. The summed E-state index contributed by atoms with van der Waals surface area (Å²) < 4.78 is 0. The van der Waals surface area contributed by atoms with Crippen LogP contribution in [0.15, 0.2) is 64.8 Å². The minimum absolute atomic E-state index is 0.119. The monoisotopic (exact) mass is 394 g/mol. The Hall–Kier alpha value is -3.55. The van der Waals surface area contributed by atoms with Crippen LogP contribution in [0.1, 0.15) is 38.7 Å². The number of anilines is 1. The van der Waals surface area contributed by atoms with Crippen molar-refractivity contribution in [3.05, 3.63) is 85.5 Å². The highest BCUT2D eigenvalue weighted by atomic mass is 16.6. The van der Waals surface area contributed by atoms with Crippen molar-refractivity contribution in [2.75, 3.05) is 5.43 Å². The molecule has 2 aromatic rings. The molecule has 0 radical (unpaired) electrons. The van der Waals surface area contributed by atoms with Crippen LogP contribution in [0.5, 0.6) is 0 Å². The average Bonchev–Trinajstić information content (AvgIpc) is 2.71. The van der Waals surface area contributed by atoms with E-state index in [1.807, 2.05) is 30.3 Å². The number of hydrogen-bond donors (Lipinski definition) is 1. The maximum absolute atomic E-state index is 11.4. The van der Waals surface area contributed by atoms with Crippen LogP contribution in [-0.2, 0) is 0 Å². The highest BCUT2D eigenvalue weighted by Crippen LogP contribution is 2.33. The molecule has 8 nitrogen and oxygen atoms in total. The number of rotatable bonds is 6. The number of hydrogen-bond acceptors (Lipinski definition) is 6. The fourth-order valence-corrected chi connectivity index (χ4v) is 3.48. The first-order valence-electron chi connectivity index (χ1n) is 9.34. The second-order valence-corrected chi connectivity index (χ2v) is 7.19. The molecule has 1 aliphatic rings. The maximum Gasteiger partial charge on any atom is 0.301 e. The normalized spacial score (nSPS) is 17.2. The molecule has 0 saturated carbocycles. The second kappa shape index (κ2) is 8.64. The topological polar surface area (TPSA) is 111 Å². The summed E-state index contributed by atoms with van der Waals surface area (Å²) in [7, 11) is 0. The fraction of sp³-hybridized carbons (Fsp3) is 0.286. The first kappa shape index (κ1) is 20.2. The Morgan fingerprint density at radius 1 is 1.03 bits per heavy atom. The van der Waals surface area contributed by atoms with Crippen molar-refractivity contribution in [3.8, 4) is 0 Å². The van der Waals surface area contributed by atoms with Gasteiger partial charge in [0.15, 0.2) is 0 Å². The lowest BCUT2D eigenvalue weighted by atomic mass is 9.80. The Morgan fingerprint density at radius 3 is 2.38 bits per heavy atom. The van der Waals surface area contributed by atoms with Gasteiger partial charge in [-0.2, -0.15) is 5.10 Å². The second-order valence-electron chi connectivity index (χ2n) is 7.19. The van der Waals surface area contributed by atoms with Gasteiger partial charge in [0.1, 0.15) is 5.69 Å². The lowest BCUT2D eigenvalue weighted by Crippen LogP contribution is -2.21. The van der Waals surface area contributed by atoms with Crippen LogP contribution in [0.25, 0.3) is 0 Å². The molecular formula is C21H22N4O4. The van der Waals surface area contributed by atoms with E-state index in [2.05, 4.69) is 24.4 Å². The summed E-state index contributed by atoms with van der Waals surface area (Å²) in [5.74, 6) is 0.186. The van der Waals surface area contributed by atoms with E-state index >= 15 is 0 Å². The summed E-state index contributed by atoms with van der Waals surface area (Å²) in [5, 5.41) is 26.8. The molecule has 1 atom stereocenters. The maximum atomic E-state index is 11.4. The van der Waals surface area contributed by atoms with Crippen molar-refractivity contribution in [3.63, 3.8) is 0 Å². The summed E-state index contributed by atoms with van der Waals surface area (Å²) in [6, 6.07) is 13.2. The molecule has 3 rings (SSSR count). The molecular weight excluding hydrogens is 372 g/mol. The number of benzene rings is 2. The lowest BCUT2D eigenvalue weighted by Gasteiger charge is -2.26. The standard InChI is InChI=1S/C21H22N4O4/c1-14-8-9-17(12-15(14)2)21(16-6-4-3-5-7-16)23-22-19-11-10-18(24(26)27)13-20(19)25(28)29/h3-7,10-11,13,17,22H,8-9,12H2,1-2H3. The molecule has 1 N–H and O–H groups in total. The van der Waals surface area contributed by atoms with Gasteiger partial charge in [-0.3, -0.25) is 25.7 Å². The van der Waals surface area contributed by atoms with E-state index in [0.717, 1.165) is 36.6 Å². The zero-order valence-electron chi connectivity index (χ0n) is 16.3. The molecule has 0 spiro atoms. The van der Waals surface area contributed by atoms with Crippen molar-refractivity contribution in [1.29, 1.82) is 0 Å². The van der Waals surface area contributed by atoms with Crippen LogP contribution in [0.3, 0.4) is 0 Å². The van der Waals surface area contributed by atoms with E-state index in [1.165, 1.54) is 23.3 Å². The van der Waals surface area contributed by atoms with E-state index in [-0.39, 0.29) is 23.0 Å². The Morgan fingerprint density at radius 2 is 1.76 bits per heavy atom. The third kappa shape index (κ3) is 4.66. The number of hydrazone groups is 1. The van der Waals surface area contributed by atoms with Crippen LogP contribution < -0.4 is 5.43 Å². The van der Waals surface area contributed by atoms with Crippen LogP contribution in [-0.4, -0.2) is 15.6 Å². The van der Waals surface area contributed by atoms with Crippen LogP contribution in [0.4, 0.5) is 17.1 Å². The lowest BCUT2D eigenvalue weighted by molar-refractivity contribution is -0.393. The molecule has 1 unspecified atom stereocenters. The first-order chi connectivity index (χ1) is 13.9.